The number of hydrogen-bond acceptors (Lipinski definition) is 4. The predicted octanol–water partition coefficient (Wildman–Crippen LogP) is 11.1. The van der Waals surface area contributed by atoms with Crippen LogP contribution in [0.4, 0.5) is 26.3 Å². The summed E-state index contributed by atoms with van der Waals surface area (Å²) in [6, 6.07) is 23.6. The zero-order chi connectivity index (χ0) is 36.4. The molecule has 0 amide bonds. The number of alkyl halides is 6. The van der Waals surface area contributed by atoms with Crippen LogP contribution in [0.2, 0.25) is 10.0 Å². The van der Waals surface area contributed by atoms with E-state index in [-0.39, 0.29) is 13.1 Å². The Morgan fingerprint density at radius 1 is 0.694 bits per heavy atom. The minimum atomic E-state index is -4.77. The molecule has 4 nitrogen and oxygen atoms in total. The molecule has 0 spiro atoms. The Morgan fingerprint density at radius 3 is 1.49 bits per heavy atom. The van der Waals surface area contributed by atoms with Crippen molar-refractivity contribution in [2.45, 2.75) is 90.1 Å². The lowest BCUT2D eigenvalue weighted by Crippen LogP contribution is -2.51. The lowest BCUT2D eigenvalue weighted by atomic mass is 9.73. The molecular formula is C37H42Cl2F6N2O2. The van der Waals surface area contributed by atoms with E-state index in [0.717, 1.165) is 5.69 Å². The van der Waals surface area contributed by atoms with E-state index in [1.807, 2.05) is 25.1 Å². The van der Waals surface area contributed by atoms with E-state index in [0.29, 0.717) is 21.2 Å². The van der Waals surface area contributed by atoms with Gasteiger partial charge in [0, 0.05) is 46.7 Å². The second-order valence-corrected chi connectivity index (χ2v) is 13.4. The molecule has 0 aliphatic carbocycles. The lowest BCUT2D eigenvalue weighted by molar-refractivity contribution is -0.266. The highest BCUT2D eigenvalue weighted by molar-refractivity contribution is 6.30. The van der Waals surface area contributed by atoms with Gasteiger partial charge in [0.05, 0.1) is 0 Å². The number of nitrogens with zero attached hydrogens (tertiary/aromatic N) is 2. The van der Waals surface area contributed by atoms with Crippen molar-refractivity contribution >= 4 is 29.0 Å². The van der Waals surface area contributed by atoms with Crippen LogP contribution in [-0.4, -0.2) is 38.8 Å². The van der Waals surface area contributed by atoms with Gasteiger partial charge < -0.3 is 5.11 Å². The molecule has 0 fully saturated rings. The molecule has 1 atom stereocenters. The Hall–Kier alpha value is -3.47. The lowest BCUT2D eigenvalue weighted by Gasteiger charge is -2.38. The number of ketones is 1. The second kappa shape index (κ2) is 18.0. The van der Waals surface area contributed by atoms with E-state index in [1.165, 1.54) is 12.3 Å². The molecule has 1 N–H and O–H groups in total. The Balaban J connectivity index is 0.000000416. The summed E-state index contributed by atoms with van der Waals surface area (Å²) in [6.45, 7) is 8.51. The first-order valence-electron chi connectivity index (χ1n) is 14.7. The van der Waals surface area contributed by atoms with Crippen LogP contribution < -0.4 is 0 Å². The normalized spacial score (nSPS) is 13.0. The molecule has 0 aliphatic heterocycles. The van der Waals surface area contributed by atoms with Gasteiger partial charge in [0.2, 0.25) is 5.78 Å². The SMILES string of the molecule is C.CC(C)(CC(=O)C(F)(F)F)c1ccc(Cl)cc1.CC(C)(CC(O)(Cc1ccccn1)C(F)(F)F)c1ccc(Cl)cc1.Cc1ccccn1. The first kappa shape index (κ1) is 43.6. The summed E-state index contributed by atoms with van der Waals surface area (Å²) < 4.78 is 77.4. The third kappa shape index (κ3) is 14.1. The van der Waals surface area contributed by atoms with Gasteiger partial charge in [-0.3, -0.25) is 14.8 Å². The van der Waals surface area contributed by atoms with E-state index in [2.05, 4.69) is 9.97 Å². The Morgan fingerprint density at radius 2 is 1.14 bits per heavy atom. The number of pyridine rings is 2. The summed E-state index contributed by atoms with van der Waals surface area (Å²) in [5.74, 6) is -1.71. The molecule has 0 saturated heterocycles. The van der Waals surface area contributed by atoms with Gasteiger partial charge in [-0.1, -0.05) is 94.7 Å². The highest BCUT2D eigenvalue weighted by Crippen LogP contribution is 2.43. The predicted molar refractivity (Wildman–Crippen MR) is 184 cm³/mol. The smallest absolute Gasteiger partial charge is 0.380 e. The van der Waals surface area contributed by atoms with Gasteiger partial charge >= 0.3 is 12.4 Å². The molecule has 0 bridgehead atoms. The topological polar surface area (TPSA) is 63.1 Å². The number of hydrogen-bond donors (Lipinski definition) is 1. The van der Waals surface area contributed by atoms with Crippen LogP contribution in [0.25, 0.3) is 0 Å². The van der Waals surface area contributed by atoms with Crippen LogP contribution >= 0.6 is 23.2 Å². The second-order valence-electron chi connectivity index (χ2n) is 12.6. The van der Waals surface area contributed by atoms with Gasteiger partial charge in [-0.2, -0.15) is 26.3 Å². The van der Waals surface area contributed by atoms with Crippen molar-refractivity contribution in [2.75, 3.05) is 0 Å². The van der Waals surface area contributed by atoms with Crippen molar-refractivity contribution in [3.8, 4) is 0 Å². The van der Waals surface area contributed by atoms with Crippen molar-refractivity contribution < 1.29 is 36.2 Å². The highest BCUT2D eigenvalue weighted by Gasteiger charge is 2.56. The van der Waals surface area contributed by atoms with Crippen LogP contribution in [0.5, 0.6) is 0 Å². The fraction of sp³-hybridized carbons (Fsp3) is 0.378. The average Bonchev–Trinajstić information content (AvgIpc) is 2.98. The standard InChI is InChI=1S/C18H19ClF3NO.C12H12ClF3O.C6H7N.CH4/c1-16(2,13-6-8-14(19)9-7-13)12-17(24,18(20,21)22)11-15-5-3-4-10-23-15;1-11(2,7-10(17)12(14,15)16)8-3-5-9(13)6-4-8;1-6-4-2-3-5-7-6;/h3-10,24H,11-12H2,1-2H3;3-6H,7H2,1-2H3;2-5H,1H3;1H4. The quantitative estimate of drug-likeness (QED) is 0.183. The van der Waals surface area contributed by atoms with E-state index in [1.54, 1.807) is 94.6 Å². The van der Waals surface area contributed by atoms with E-state index in [9.17, 15) is 36.2 Å². The van der Waals surface area contributed by atoms with Crippen molar-refractivity contribution in [1.29, 1.82) is 0 Å². The molecule has 0 saturated carbocycles. The van der Waals surface area contributed by atoms with Gasteiger partial charge in [-0.15, -0.1) is 0 Å². The zero-order valence-corrected chi connectivity index (χ0v) is 28.6. The number of halogens is 8. The van der Waals surface area contributed by atoms with Gasteiger partial charge in [-0.25, -0.2) is 0 Å². The molecule has 268 valence electrons. The number of rotatable bonds is 8. The summed E-state index contributed by atoms with van der Waals surface area (Å²) in [4.78, 5) is 18.9. The highest BCUT2D eigenvalue weighted by atomic mass is 35.5. The van der Waals surface area contributed by atoms with Gasteiger partial charge in [0.1, 0.15) is 0 Å². The monoisotopic (exact) mass is 730 g/mol. The maximum Gasteiger partial charge on any atom is 0.450 e. The third-order valence-corrected chi connectivity index (χ3v) is 7.95. The molecule has 2 aromatic carbocycles. The first-order valence-corrected chi connectivity index (χ1v) is 15.5. The summed E-state index contributed by atoms with van der Waals surface area (Å²) in [6.07, 6.45) is -7.99. The van der Waals surface area contributed by atoms with Gasteiger partial charge in [-0.05, 0) is 83.8 Å². The molecule has 49 heavy (non-hydrogen) atoms. The minimum absolute atomic E-state index is 0. The molecule has 2 heterocycles. The minimum Gasteiger partial charge on any atom is -0.380 e. The van der Waals surface area contributed by atoms with E-state index in [4.69, 9.17) is 23.2 Å². The number of carbonyl (C=O) groups excluding carboxylic acids is 1. The fourth-order valence-corrected chi connectivity index (χ4v) is 5.00. The van der Waals surface area contributed by atoms with Crippen LogP contribution in [-0.2, 0) is 22.0 Å². The summed E-state index contributed by atoms with van der Waals surface area (Å²) >= 11 is 11.5. The number of carbonyl (C=O) groups is 1. The largest absolute Gasteiger partial charge is 0.450 e. The Labute approximate surface area is 294 Å². The van der Waals surface area contributed by atoms with Gasteiger partial charge in [0.15, 0.2) is 5.60 Å². The number of Topliss-reactive ketones (excluding diaryl/α,β-unsaturated/α-hetero) is 1. The van der Waals surface area contributed by atoms with Crippen LogP contribution in [0.1, 0.15) is 70.5 Å². The van der Waals surface area contributed by atoms with Gasteiger partial charge in [0.25, 0.3) is 0 Å². The van der Waals surface area contributed by atoms with Crippen molar-refractivity contribution in [2.24, 2.45) is 0 Å². The third-order valence-electron chi connectivity index (χ3n) is 7.44. The van der Waals surface area contributed by atoms with Crippen molar-refractivity contribution in [1.82, 2.24) is 9.97 Å². The van der Waals surface area contributed by atoms with Crippen LogP contribution in [0.15, 0.2) is 97.3 Å². The summed E-state index contributed by atoms with van der Waals surface area (Å²) in [7, 11) is 0. The maximum absolute atomic E-state index is 13.6. The van der Waals surface area contributed by atoms with Crippen LogP contribution in [0, 0.1) is 6.92 Å². The molecular weight excluding hydrogens is 689 g/mol. The Bertz CT molecular complexity index is 1560. The number of aliphatic hydroxyl groups is 1. The summed E-state index contributed by atoms with van der Waals surface area (Å²) in [5.41, 5.74) is -2.03. The molecule has 12 heteroatoms. The Kier molecular flexibility index (Phi) is 16.0. The number of aromatic nitrogens is 2. The first-order chi connectivity index (χ1) is 22.1. The van der Waals surface area contributed by atoms with Crippen molar-refractivity contribution in [3.63, 3.8) is 0 Å². The molecule has 1 unspecified atom stereocenters. The van der Waals surface area contributed by atoms with E-state index < -0.39 is 53.8 Å². The summed E-state index contributed by atoms with van der Waals surface area (Å²) in [5, 5.41) is 11.5. The zero-order valence-electron chi connectivity index (χ0n) is 27.1. The van der Waals surface area contributed by atoms with Crippen LogP contribution in [0.3, 0.4) is 0 Å². The molecule has 0 aliphatic rings. The average molecular weight is 732 g/mol. The maximum atomic E-state index is 13.6. The van der Waals surface area contributed by atoms with Crippen molar-refractivity contribution in [3.05, 3.63) is 130 Å². The number of aryl methyl sites for hydroxylation is 1. The molecule has 4 rings (SSSR count). The van der Waals surface area contributed by atoms with E-state index >= 15 is 0 Å². The molecule has 2 aromatic heterocycles. The fourth-order valence-electron chi connectivity index (χ4n) is 4.75. The number of benzene rings is 2. The molecule has 4 aromatic rings. The molecule has 0 radical (unpaired) electrons.